The van der Waals surface area contributed by atoms with Gasteiger partial charge in [0.1, 0.15) is 11.0 Å². The first-order valence-electron chi connectivity index (χ1n) is 6.58. The summed E-state index contributed by atoms with van der Waals surface area (Å²) in [5, 5.41) is 13.8. The zero-order valence-corrected chi connectivity index (χ0v) is 11.9. The second-order valence-electron chi connectivity index (χ2n) is 5.53. The normalized spacial score (nSPS) is 28.6. The van der Waals surface area contributed by atoms with Crippen molar-refractivity contribution in [1.29, 1.82) is 0 Å². The Kier molecular flexibility index (Phi) is 4.30. The molecule has 0 radical (unpaired) electrons. The van der Waals surface area contributed by atoms with Crippen LogP contribution in [0.5, 0.6) is 0 Å². The number of imidazole rings is 1. The van der Waals surface area contributed by atoms with Gasteiger partial charge in [-0.15, -0.1) is 0 Å². The molecule has 2 rings (SSSR count). The van der Waals surface area contributed by atoms with Gasteiger partial charge in [0.2, 0.25) is 0 Å². The number of hydrogen-bond donors (Lipinski definition) is 2. The highest BCUT2D eigenvalue weighted by Gasteiger charge is 2.33. The molecule has 5 heteroatoms. The Morgan fingerprint density at radius 3 is 2.72 bits per heavy atom. The minimum absolute atomic E-state index is 0.134. The molecule has 1 aliphatic rings. The van der Waals surface area contributed by atoms with E-state index >= 15 is 0 Å². The zero-order valence-electron chi connectivity index (χ0n) is 11.1. The van der Waals surface area contributed by atoms with Crippen molar-refractivity contribution < 1.29 is 5.11 Å². The van der Waals surface area contributed by atoms with Crippen molar-refractivity contribution in [2.45, 2.75) is 44.7 Å². The number of aliphatic hydroxyl groups is 1. The maximum Gasteiger partial charge on any atom is 0.128 e. The summed E-state index contributed by atoms with van der Waals surface area (Å²) in [6.07, 6.45) is 6.07. The Hall–Kier alpha value is -0.580. The summed E-state index contributed by atoms with van der Waals surface area (Å²) in [4.78, 5) is 4.27. The Morgan fingerprint density at radius 2 is 2.22 bits per heavy atom. The lowest BCUT2D eigenvalue weighted by atomic mass is 9.77. The molecule has 102 valence electrons. The number of aliphatic hydroxyl groups excluding tert-OH is 1. The van der Waals surface area contributed by atoms with E-state index in [1.807, 2.05) is 11.6 Å². The highest BCUT2D eigenvalue weighted by Crippen LogP contribution is 2.31. The van der Waals surface area contributed by atoms with E-state index in [1.54, 1.807) is 6.20 Å². The molecular weight excluding hydrogens is 250 g/mol. The first-order chi connectivity index (χ1) is 8.56. The summed E-state index contributed by atoms with van der Waals surface area (Å²) in [6, 6.07) is 0. The molecular formula is C13H22ClN3O. The average Bonchev–Trinajstić information content (AvgIpc) is 2.70. The third kappa shape index (κ3) is 2.87. The third-order valence-electron chi connectivity index (χ3n) is 4.18. The molecule has 1 heterocycles. The predicted octanol–water partition coefficient (Wildman–Crippen LogP) is 2.10. The summed E-state index contributed by atoms with van der Waals surface area (Å²) >= 11 is 5.96. The average molecular weight is 272 g/mol. The van der Waals surface area contributed by atoms with Crippen LogP contribution in [-0.2, 0) is 13.6 Å². The number of rotatable bonds is 4. The Balaban J connectivity index is 1.97. The van der Waals surface area contributed by atoms with Crippen LogP contribution >= 0.6 is 11.6 Å². The quantitative estimate of drug-likeness (QED) is 0.882. The van der Waals surface area contributed by atoms with Crippen LogP contribution < -0.4 is 5.32 Å². The molecule has 0 aromatic carbocycles. The fourth-order valence-electron chi connectivity index (χ4n) is 2.56. The van der Waals surface area contributed by atoms with Crippen molar-refractivity contribution in [3.05, 3.63) is 17.2 Å². The van der Waals surface area contributed by atoms with Crippen LogP contribution in [0.1, 0.15) is 38.4 Å². The van der Waals surface area contributed by atoms with Crippen LogP contribution in [0.2, 0.25) is 5.15 Å². The van der Waals surface area contributed by atoms with Crippen molar-refractivity contribution in [3.8, 4) is 0 Å². The number of nitrogens with one attached hydrogen (secondary N) is 1. The number of aromatic nitrogens is 2. The first kappa shape index (κ1) is 13.8. The Bertz CT molecular complexity index is 397. The molecule has 0 unspecified atom stereocenters. The molecule has 1 aromatic rings. The standard InChI is InChI=1S/C13H22ClN3O/c1-10-3-5-13(9-18,6-4-10)16-8-12-15-7-11(14)17(12)2/h7,10,16,18H,3-6,8-9H2,1-2H3. The summed E-state index contributed by atoms with van der Waals surface area (Å²) in [5.41, 5.74) is -0.134. The van der Waals surface area contributed by atoms with E-state index in [0.717, 1.165) is 24.6 Å². The predicted molar refractivity (Wildman–Crippen MR) is 72.5 cm³/mol. The van der Waals surface area contributed by atoms with Gasteiger partial charge in [0.25, 0.3) is 0 Å². The van der Waals surface area contributed by atoms with Gasteiger partial charge in [-0.3, -0.25) is 0 Å². The van der Waals surface area contributed by atoms with Crippen LogP contribution in [0, 0.1) is 5.92 Å². The molecule has 1 aromatic heterocycles. The van der Waals surface area contributed by atoms with E-state index < -0.39 is 0 Å². The zero-order chi connectivity index (χ0) is 13.2. The van der Waals surface area contributed by atoms with Gasteiger partial charge in [-0.2, -0.15) is 0 Å². The first-order valence-corrected chi connectivity index (χ1v) is 6.96. The van der Waals surface area contributed by atoms with Gasteiger partial charge in [0.05, 0.1) is 19.3 Å². The SMILES string of the molecule is CC1CCC(CO)(NCc2ncc(Cl)n2C)CC1. The fraction of sp³-hybridized carbons (Fsp3) is 0.769. The van der Waals surface area contributed by atoms with Crippen molar-refractivity contribution >= 4 is 11.6 Å². The third-order valence-corrected chi connectivity index (χ3v) is 4.53. The van der Waals surface area contributed by atoms with Gasteiger partial charge in [-0.1, -0.05) is 18.5 Å². The lowest BCUT2D eigenvalue weighted by Crippen LogP contribution is -2.50. The van der Waals surface area contributed by atoms with Gasteiger partial charge >= 0.3 is 0 Å². The van der Waals surface area contributed by atoms with Crippen LogP contribution in [-0.4, -0.2) is 26.8 Å². The lowest BCUT2D eigenvalue weighted by molar-refractivity contribution is 0.103. The van der Waals surface area contributed by atoms with Gasteiger partial charge in [-0.25, -0.2) is 4.98 Å². The monoisotopic (exact) mass is 271 g/mol. The molecule has 0 amide bonds. The summed E-state index contributed by atoms with van der Waals surface area (Å²) < 4.78 is 1.87. The molecule has 0 bridgehead atoms. The largest absolute Gasteiger partial charge is 0.394 e. The van der Waals surface area contributed by atoms with E-state index in [4.69, 9.17) is 11.6 Å². The number of halogens is 1. The van der Waals surface area contributed by atoms with Crippen molar-refractivity contribution in [2.75, 3.05) is 6.61 Å². The maximum absolute atomic E-state index is 9.66. The topological polar surface area (TPSA) is 50.1 Å². The molecule has 1 aliphatic carbocycles. The second-order valence-corrected chi connectivity index (χ2v) is 5.92. The molecule has 0 spiro atoms. The van der Waals surface area contributed by atoms with Crippen LogP contribution in [0.4, 0.5) is 0 Å². The van der Waals surface area contributed by atoms with Gasteiger partial charge < -0.3 is 15.0 Å². The summed E-state index contributed by atoms with van der Waals surface area (Å²) in [5.74, 6) is 1.68. The van der Waals surface area contributed by atoms with Gasteiger partial charge in [-0.05, 0) is 31.6 Å². The smallest absolute Gasteiger partial charge is 0.128 e. The fourth-order valence-corrected chi connectivity index (χ4v) is 2.71. The Morgan fingerprint density at radius 1 is 1.56 bits per heavy atom. The molecule has 0 saturated heterocycles. The molecule has 2 N–H and O–H groups in total. The van der Waals surface area contributed by atoms with Crippen molar-refractivity contribution in [3.63, 3.8) is 0 Å². The maximum atomic E-state index is 9.66. The minimum atomic E-state index is -0.134. The number of nitrogens with zero attached hydrogens (tertiary/aromatic N) is 2. The van der Waals surface area contributed by atoms with Crippen LogP contribution in [0.15, 0.2) is 6.20 Å². The second kappa shape index (κ2) is 5.59. The highest BCUT2D eigenvalue weighted by atomic mass is 35.5. The molecule has 4 nitrogen and oxygen atoms in total. The highest BCUT2D eigenvalue weighted by molar-refractivity contribution is 6.29. The van der Waals surface area contributed by atoms with Crippen molar-refractivity contribution in [2.24, 2.45) is 13.0 Å². The van der Waals surface area contributed by atoms with Crippen LogP contribution in [0.3, 0.4) is 0 Å². The summed E-state index contributed by atoms with van der Waals surface area (Å²) in [7, 11) is 1.90. The molecule has 0 atom stereocenters. The molecule has 1 fully saturated rings. The number of hydrogen-bond acceptors (Lipinski definition) is 3. The summed E-state index contributed by atoms with van der Waals surface area (Å²) in [6.45, 7) is 3.12. The van der Waals surface area contributed by atoms with E-state index in [9.17, 15) is 5.11 Å². The molecule has 0 aliphatic heterocycles. The van der Waals surface area contributed by atoms with E-state index in [2.05, 4.69) is 17.2 Å². The van der Waals surface area contributed by atoms with Gasteiger partial charge in [0.15, 0.2) is 0 Å². The van der Waals surface area contributed by atoms with E-state index in [-0.39, 0.29) is 12.1 Å². The lowest BCUT2D eigenvalue weighted by Gasteiger charge is -2.38. The Labute approximate surface area is 113 Å². The minimum Gasteiger partial charge on any atom is -0.394 e. The van der Waals surface area contributed by atoms with Crippen molar-refractivity contribution in [1.82, 2.24) is 14.9 Å². The van der Waals surface area contributed by atoms with Crippen LogP contribution in [0.25, 0.3) is 0 Å². The van der Waals surface area contributed by atoms with Gasteiger partial charge in [0, 0.05) is 12.6 Å². The van der Waals surface area contributed by atoms with E-state index in [0.29, 0.717) is 11.7 Å². The molecule has 1 saturated carbocycles. The van der Waals surface area contributed by atoms with E-state index in [1.165, 1.54) is 12.8 Å². The molecule has 18 heavy (non-hydrogen) atoms.